The fraction of sp³-hybridized carbons (Fsp3) is 0.467. The summed E-state index contributed by atoms with van der Waals surface area (Å²) in [6, 6.07) is 7.02. The van der Waals surface area contributed by atoms with Crippen LogP contribution in [0.25, 0.3) is 0 Å². The van der Waals surface area contributed by atoms with Gasteiger partial charge in [-0.3, -0.25) is 9.69 Å². The number of nitrogens with zero attached hydrogens (tertiary/aromatic N) is 1. The second kappa shape index (κ2) is 6.13. The van der Waals surface area contributed by atoms with Crippen LogP contribution in [0.3, 0.4) is 0 Å². The van der Waals surface area contributed by atoms with Gasteiger partial charge in [-0.05, 0) is 30.7 Å². The van der Waals surface area contributed by atoms with Crippen LogP contribution in [0.4, 0.5) is 10.5 Å². The zero-order chi connectivity index (χ0) is 14.7. The Bertz CT molecular complexity index is 523. The zero-order valence-corrected chi connectivity index (χ0v) is 11.8. The number of urea groups is 1. The standard InChI is InChI=1S/C15H19N3O3/c19-14(17-9-11-5-8-21-10-11)12-1-3-13(4-2-12)18-7-6-16-15(18)20/h1-4,11H,5-10H2,(H,16,20)(H,17,19)/t11-/m1/s1. The monoisotopic (exact) mass is 289 g/mol. The van der Waals surface area contributed by atoms with Gasteiger partial charge in [0, 0.05) is 43.4 Å². The molecule has 3 amide bonds. The van der Waals surface area contributed by atoms with Crippen LogP contribution >= 0.6 is 0 Å². The predicted octanol–water partition coefficient (Wildman–Crippen LogP) is 0.982. The van der Waals surface area contributed by atoms with Crippen LogP contribution in [0, 0.1) is 5.92 Å². The molecule has 112 valence electrons. The van der Waals surface area contributed by atoms with E-state index in [1.165, 1.54) is 0 Å². The molecule has 0 aromatic heterocycles. The van der Waals surface area contributed by atoms with Crippen molar-refractivity contribution in [3.63, 3.8) is 0 Å². The number of benzene rings is 1. The summed E-state index contributed by atoms with van der Waals surface area (Å²) in [5.41, 5.74) is 1.42. The molecule has 21 heavy (non-hydrogen) atoms. The summed E-state index contributed by atoms with van der Waals surface area (Å²) in [5.74, 6) is 0.334. The molecular weight excluding hydrogens is 270 g/mol. The van der Waals surface area contributed by atoms with E-state index >= 15 is 0 Å². The third-order valence-electron chi connectivity index (χ3n) is 3.87. The molecule has 2 saturated heterocycles. The van der Waals surface area contributed by atoms with E-state index in [0.717, 1.165) is 25.3 Å². The van der Waals surface area contributed by atoms with Gasteiger partial charge in [-0.2, -0.15) is 0 Å². The van der Waals surface area contributed by atoms with Gasteiger partial charge in [-0.25, -0.2) is 4.79 Å². The summed E-state index contributed by atoms with van der Waals surface area (Å²) >= 11 is 0. The van der Waals surface area contributed by atoms with E-state index in [4.69, 9.17) is 4.74 Å². The summed E-state index contributed by atoms with van der Waals surface area (Å²) in [7, 11) is 0. The second-order valence-electron chi connectivity index (χ2n) is 5.37. The molecule has 0 aliphatic carbocycles. The average molecular weight is 289 g/mol. The number of carbonyl (C=O) groups excluding carboxylic acids is 2. The Morgan fingerprint density at radius 3 is 2.81 bits per heavy atom. The zero-order valence-electron chi connectivity index (χ0n) is 11.8. The normalized spacial score (nSPS) is 21.4. The summed E-state index contributed by atoms with van der Waals surface area (Å²) < 4.78 is 5.28. The quantitative estimate of drug-likeness (QED) is 0.868. The van der Waals surface area contributed by atoms with E-state index in [-0.39, 0.29) is 11.9 Å². The Kier molecular flexibility index (Phi) is 4.06. The van der Waals surface area contributed by atoms with E-state index < -0.39 is 0 Å². The van der Waals surface area contributed by atoms with Crippen LogP contribution in [0.15, 0.2) is 24.3 Å². The van der Waals surface area contributed by atoms with Gasteiger partial charge < -0.3 is 15.4 Å². The van der Waals surface area contributed by atoms with Gasteiger partial charge in [0.1, 0.15) is 0 Å². The maximum atomic E-state index is 12.1. The van der Waals surface area contributed by atoms with Crippen molar-refractivity contribution in [2.75, 3.05) is 37.7 Å². The number of hydrogen-bond donors (Lipinski definition) is 2. The van der Waals surface area contributed by atoms with Gasteiger partial charge in [0.15, 0.2) is 0 Å². The highest BCUT2D eigenvalue weighted by Gasteiger charge is 2.21. The van der Waals surface area contributed by atoms with Crippen molar-refractivity contribution in [3.05, 3.63) is 29.8 Å². The van der Waals surface area contributed by atoms with Gasteiger partial charge in [0.05, 0.1) is 6.61 Å². The van der Waals surface area contributed by atoms with Crippen molar-refractivity contribution in [2.24, 2.45) is 5.92 Å². The minimum atomic E-state index is -0.0894. The van der Waals surface area contributed by atoms with Crippen molar-refractivity contribution < 1.29 is 14.3 Å². The molecule has 2 aliphatic rings. The highest BCUT2D eigenvalue weighted by atomic mass is 16.5. The third kappa shape index (κ3) is 3.16. The molecule has 1 aromatic carbocycles. The van der Waals surface area contributed by atoms with Crippen LogP contribution < -0.4 is 15.5 Å². The minimum absolute atomic E-state index is 0.0840. The summed E-state index contributed by atoms with van der Waals surface area (Å²) in [4.78, 5) is 25.3. The van der Waals surface area contributed by atoms with Crippen molar-refractivity contribution in [3.8, 4) is 0 Å². The Morgan fingerprint density at radius 2 is 2.19 bits per heavy atom. The molecule has 6 heteroatoms. The van der Waals surface area contributed by atoms with Crippen LogP contribution in [-0.4, -0.2) is 44.8 Å². The molecule has 0 unspecified atom stereocenters. The molecule has 1 aromatic rings. The number of carbonyl (C=O) groups is 2. The lowest BCUT2D eigenvalue weighted by Crippen LogP contribution is -2.30. The smallest absolute Gasteiger partial charge is 0.321 e. The van der Waals surface area contributed by atoms with Gasteiger partial charge in [0.2, 0.25) is 0 Å². The second-order valence-corrected chi connectivity index (χ2v) is 5.37. The van der Waals surface area contributed by atoms with Crippen molar-refractivity contribution in [1.29, 1.82) is 0 Å². The molecule has 0 saturated carbocycles. The molecule has 2 N–H and O–H groups in total. The molecule has 2 heterocycles. The van der Waals surface area contributed by atoms with Gasteiger partial charge in [-0.1, -0.05) is 0 Å². The number of amides is 3. The first kappa shape index (κ1) is 13.9. The molecule has 3 rings (SSSR count). The van der Waals surface area contributed by atoms with Crippen LogP contribution in [0.5, 0.6) is 0 Å². The first-order valence-electron chi connectivity index (χ1n) is 7.25. The van der Waals surface area contributed by atoms with Gasteiger partial charge in [-0.15, -0.1) is 0 Å². The summed E-state index contributed by atoms with van der Waals surface area (Å²) in [5, 5.41) is 5.68. The molecule has 2 aliphatic heterocycles. The maximum Gasteiger partial charge on any atom is 0.321 e. The Balaban J connectivity index is 1.58. The number of ether oxygens (including phenoxy) is 1. The Labute approximate surface area is 123 Å². The first-order chi connectivity index (χ1) is 10.2. The maximum absolute atomic E-state index is 12.1. The van der Waals surface area contributed by atoms with Crippen LogP contribution in [0.2, 0.25) is 0 Å². The predicted molar refractivity (Wildman–Crippen MR) is 78.4 cm³/mol. The lowest BCUT2D eigenvalue weighted by molar-refractivity contribution is 0.0945. The van der Waals surface area contributed by atoms with Crippen molar-refractivity contribution in [1.82, 2.24) is 10.6 Å². The minimum Gasteiger partial charge on any atom is -0.381 e. The lowest BCUT2D eigenvalue weighted by atomic mass is 10.1. The SMILES string of the molecule is O=C(NC[C@H]1CCOC1)c1ccc(N2CCNC2=O)cc1. The van der Waals surface area contributed by atoms with E-state index in [2.05, 4.69) is 10.6 Å². The fourth-order valence-corrected chi connectivity index (χ4v) is 2.59. The highest BCUT2D eigenvalue weighted by Crippen LogP contribution is 2.17. The summed E-state index contributed by atoms with van der Waals surface area (Å²) in [6.07, 6.45) is 1.00. The average Bonchev–Trinajstić information content (AvgIpc) is 3.16. The van der Waals surface area contributed by atoms with Crippen LogP contribution in [-0.2, 0) is 4.74 Å². The molecule has 2 fully saturated rings. The molecular formula is C15H19N3O3. The number of rotatable bonds is 4. The molecule has 1 atom stereocenters. The number of nitrogens with one attached hydrogen (secondary N) is 2. The van der Waals surface area contributed by atoms with E-state index in [0.29, 0.717) is 31.1 Å². The number of hydrogen-bond acceptors (Lipinski definition) is 3. The molecule has 6 nitrogen and oxygen atoms in total. The Hall–Kier alpha value is -2.08. The van der Waals surface area contributed by atoms with E-state index in [1.54, 1.807) is 29.2 Å². The number of anilines is 1. The van der Waals surface area contributed by atoms with E-state index in [9.17, 15) is 9.59 Å². The van der Waals surface area contributed by atoms with E-state index in [1.807, 2.05) is 0 Å². The first-order valence-corrected chi connectivity index (χ1v) is 7.25. The molecule has 0 radical (unpaired) electrons. The largest absolute Gasteiger partial charge is 0.381 e. The topological polar surface area (TPSA) is 70.7 Å². The van der Waals surface area contributed by atoms with Crippen molar-refractivity contribution in [2.45, 2.75) is 6.42 Å². The van der Waals surface area contributed by atoms with Gasteiger partial charge in [0.25, 0.3) is 5.91 Å². The third-order valence-corrected chi connectivity index (χ3v) is 3.87. The lowest BCUT2D eigenvalue weighted by Gasteiger charge is -2.14. The molecule has 0 bridgehead atoms. The highest BCUT2D eigenvalue weighted by molar-refractivity contribution is 5.96. The Morgan fingerprint density at radius 1 is 1.38 bits per heavy atom. The van der Waals surface area contributed by atoms with Crippen LogP contribution in [0.1, 0.15) is 16.8 Å². The molecule has 0 spiro atoms. The van der Waals surface area contributed by atoms with Crippen molar-refractivity contribution >= 4 is 17.6 Å². The van der Waals surface area contributed by atoms with Gasteiger partial charge >= 0.3 is 6.03 Å². The summed E-state index contributed by atoms with van der Waals surface area (Å²) in [6.45, 7) is 3.47. The fourth-order valence-electron chi connectivity index (χ4n) is 2.59.